The summed E-state index contributed by atoms with van der Waals surface area (Å²) in [5.41, 5.74) is 3.25. The highest BCUT2D eigenvalue weighted by molar-refractivity contribution is 6.01. The average molecular weight is 451 g/mol. The van der Waals surface area contributed by atoms with Gasteiger partial charge in [0.25, 0.3) is 0 Å². The van der Waals surface area contributed by atoms with Crippen molar-refractivity contribution in [3.05, 3.63) is 59.7 Å². The first-order valence-corrected chi connectivity index (χ1v) is 11.6. The fourth-order valence-corrected chi connectivity index (χ4v) is 4.80. The van der Waals surface area contributed by atoms with Gasteiger partial charge < -0.3 is 24.9 Å². The van der Waals surface area contributed by atoms with Gasteiger partial charge in [-0.25, -0.2) is 0 Å². The van der Waals surface area contributed by atoms with E-state index < -0.39 is 6.04 Å². The molecule has 0 fully saturated rings. The summed E-state index contributed by atoms with van der Waals surface area (Å²) in [7, 11) is 4.04. The number of ketones is 1. The third-order valence-corrected chi connectivity index (χ3v) is 6.24. The molecule has 0 bridgehead atoms. The van der Waals surface area contributed by atoms with E-state index >= 15 is 0 Å². The minimum Gasteiger partial charge on any atom is -0.467 e. The molecule has 7 nitrogen and oxygen atoms in total. The van der Waals surface area contributed by atoms with E-state index in [0.29, 0.717) is 24.3 Å². The Morgan fingerprint density at radius 2 is 2.00 bits per heavy atom. The van der Waals surface area contributed by atoms with E-state index in [2.05, 4.69) is 29.4 Å². The largest absolute Gasteiger partial charge is 0.467 e. The second kappa shape index (κ2) is 9.43. The van der Waals surface area contributed by atoms with Crippen molar-refractivity contribution in [2.75, 3.05) is 43.9 Å². The Labute approximate surface area is 195 Å². The minimum absolute atomic E-state index is 0.0762. The number of carbonyl (C=O) groups is 2. The first-order valence-electron chi connectivity index (χ1n) is 11.6. The number of nitrogens with one attached hydrogen (secondary N) is 2. The van der Waals surface area contributed by atoms with Gasteiger partial charge in [-0.15, -0.1) is 0 Å². The topological polar surface area (TPSA) is 77.8 Å². The Bertz CT molecular complexity index is 1040. The van der Waals surface area contributed by atoms with E-state index in [-0.39, 0.29) is 23.7 Å². The van der Waals surface area contributed by atoms with Crippen LogP contribution in [-0.4, -0.2) is 50.3 Å². The van der Waals surface area contributed by atoms with Gasteiger partial charge in [-0.3, -0.25) is 9.59 Å². The lowest BCUT2D eigenvalue weighted by atomic mass is 9.74. The molecular formula is C26H34N4O3. The van der Waals surface area contributed by atoms with Crippen molar-refractivity contribution in [2.45, 2.75) is 39.2 Å². The molecule has 2 aromatic rings. The molecule has 2 aliphatic rings. The van der Waals surface area contributed by atoms with Crippen molar-refractivity contribution in [1.82, 2.24) is 10.2 Å². The molecule has 176 valence electrons. The van der Waals surface area contributed by atoms with Crippen LogP contribution in [0.3, 0.4) is 0 Å². The molecule has 1 atom stereocenters. The maximum absolute atomic E-state index is 13.5. The summed E-state index contributed by atoms with van der Waals surface area (Å²) in [4.78, 5) is 30.6. The van der Waals surface area contributed by atoms with Crippen molar-refractivity contribution in [3.8, 4) is 0 Å². The highest BCUT2D eigenvalue weighted by Gasteiger charge is 2.42. The first kappa shape index (κ1) is 23.1. The molecule has 4 rings (SSSR count). The van der Waals surface area contributed by atoms with Crippen molar-refractivity contribution < 1.29 is 14.0 Å². The van der Waals surface area contributed by atoms with Crippen molar-refractivity contribution >= 4 is 23.1 Å². The Morgan fingerprint density at radius 3 is 2.73 bits per heavy atom. The van der Waals surface area contributed by atoms with Crippen LogP contribution < -0.4 is 15.5 Å². The SMILES string of the molecule is CN(C)CCCNC(=O)CN1c2ccccc2NC2=C(C(=O)CC(C)(C)C2)[C@H]1c1ccco1. The Balaban J connectivity index is 1.72. The molecule has 1 aromatic carbocycles. The molecule has 0 spiro atoms. The molecule has 1 aliphatic heterocycles. The Morgan fingerprint density at radius 1 is 1.21 bits per heavy atom. The number of rotatable bonds is 7. The Kier molecular flexibility index (Phi) is 6.61. The maximum atomic E-state index is 13.5. The number of fused-ring (bicyclic) bond motifs is 1. The van der Waals surface area contributed by atoms with Crippen LogP contribution in [0.2, 0.25) is 0 Å². The minimum atomic E-state index is -0.470. The Hall–Kier alpha value is -3.06. The van der Waals surface area contributed by atoms with Gasteiger partial charge in [-0.2, -0.15) is 0 Å². The second-order valence-corrected chi connectivity index (χ2v) is 10.0. The molecule has 0 radical (unpaired) electrons. The highest BCUT2D eigenvalue weighted by atomic mass is 16.3. The molecule has 33 heavy (non-hydrogen) atoms. The quantitative estimate of drug-likeness (QED) is 0.622. The van der Waals surface area contributed by atoms with Crippen LogP contribution in [0.15, 0.2) is 58.3 Å². The van der Waals surface area contributed by atoms with Gasteiger partial charge in [0.1, 0.15) is 11.8 Å². The second-order valence-electron chi connectivity index (χ2n) is 10.0. The zero-order chi connectivity index (χ0) is 23.6. The number of nitrogens with zero attached hydrogens (tertiary/aromatic N) is 2. The third kappa shape index (κ3) is 5.14. The fourth-order valence-electron chi connectivity index (χ4n) is 4.80. The van der Waals surface area contributed by atoms with Crippen molar-refractivity contribution in [2.24, 2.45) is 5.41 Å². The molecule has 2 N–H and O–H groups in total. The normalized spacial score (nSPS) is 19.6. The number of benzene rings is 1. The molecule has 2 heterocycles. The van der Waals surface area contributed by atoms with Gasteiger partial charge >= 0.3 is 0 Å². The van der Waals surface area contributed by atoms with Crippen molar-refractivity contribution in [3.63, 3.8) is 0 Å². The lowest BCUT2D eigenvalue weighted by Gasteiger charge is -2.36. The average Bonchev–Trinajstić information content (AvgIpc) is 3.22. The number of allylic oxidation sites excluding steroid dienone is 1. The third-order valence-electron chi connectivity index (χ3n) is 6.24. The summed E-state index contributed by atoms with van der Waals surface area (Å²) in [6.07, 6.45) is 3.72. The van der Waals surface area contributed by atoms with E-state index in [4.69, 9.17) is 4.42 Å². The van der Waals surface area contributed by atoms with E-state index in [1.165, 1.54) is 0 Å². The zero-order valence-corrected chi connectivity index (χ0v) is 20.0. The summed E-state index contributed by atoms with van der Waals surface area (Å²) in [5, 5.41) is 6.59. The number of hydrogen-bond donors (Lipinski definition) is 2. The van der Waals surface area contributed by atoms with Gasteiger partial charge in [-0.05, 0) is 63.2 Å². The molecular weight excluding hydrogens is 416 g/mol. The predicted molar refractivity (Wildman–Crippen MR) is 130 cm³/mol. The van der Waals surface area contributed by atoms with Crippen LogP contribution >= 0.6 is 0 Å². The van der Waals surface area contributed by atoms with E-state index in [1.54, 1.807) is 6.26 Å². The number of amides is 1. The molecule has 0 unspecified atom stereocenters. The standard InChI is InChI=1S/C26H34N4O3/c1-26(2)15-19-24(21(31)16-26)25(22-11-7-14-33-22)30(20-10-6-5-9-18(20)28-19)17-23(32)27-12-8-13-29(3)4/h5-7,9-11,14,25,28H,8,12-13,15-17H2,1-4H3,(H,27,32)/t25-/m1/s1. The molecule has 1 aliphatic carbocycles. The zero-order valence-electron chi connectivity index (χ0n) is 20.0. The number of carbonyl (C=O) groups excluding carboxylic acids is 2. The molecule has 7 heteroatoms. The van der Waals surface area contributed by atoms with E-state index in [9.17, 15) is 9.59 Å². The monoisotopic (exact) mass is 450 g/mol. The van der Waals surface area contributed by atoms with Crippen molar-refractivity contribution in [1.29, 1.82) is 0 Å². The smallest absolute Gasteiger partial charge is 0.239 e. The number of anilines is 2. The first-order chi connectivity index (χ1) is 15.7. The molecule has 0 saturated carbocycles. The van der Waals surface area contributed by atoms with Gasteiger partial charge in [0.2, 0.25) is 5.91 Å². The van der Waals surface area contributed by atoms with E-state index in [0.717, 1.165) is 36.5 Å². The number of furan rings is 1. The highest BCUT2D eigenvalue weighted by Crippen LogP contribution is 2.48. The van der Waals surface area contributed by atoms with Crippen LogP contribution in [-0.2, 0) is 9.59 Å². The predicted octanol–water partition coefficient (Wildman–Crippen LogP) is 3.96. The van der Waals surface area contributed by atoms with Crippen LogP contribution in [0.5, 0.6) is 0 Å². The maximum Gasteiger partial charge on any atom is 0.239 e. The van der Waals surface area contributed by atoms with Gasteiger partial charge in [0, 0.05) is 24.2 Å². The number of Topliss-reactive ketones (excluding diaryl/α,β-unsaturated/α-hetero) is 1. The summed E-state index contributed by atoms with van der Waals surface area (Å²) in [6.45, 7) is 5.88. The summed E-state index contributed by atoms with van der Waals surface area (Å²) in [6, 6.07) is 11.2. The summed E-state index contributed by atoms with van der Waals surface area (Å²) in [5.74, 6) is 0.682. The summed E-state index contributed by atoms with van der Waals surface area (Å²) >= 11 is 0. The van der Waals surface area contributed by atoms with Gasteiger partial charge in [0.15, 0.2) is 5.78 Å². The fraction of sp³-hybridized carbons (Fsp3) is 0.462. The lowest BCUT2D eigenvalue weighted by molar-refractivity contribution is -0.120. The van der Waals surface area contributed by atoms with Gasteiger partial charge in [-0.1, -0.05) is 26.0 Å². The lowest BCUT2D eigenvalue weighted by Crippen LogP contribution is -2.42. The number of para-hydroxylation sites is 2. The molecule has 1 aromatic heterocycles. The number of hydrogen-bond acceptors (Lipinski definition) is 6. The van der Waals surface area contributed by atoms with Crippen LogP contribution in [0.25, 0.3) is 0 Å². The molecule has 0 saturated heterocycles. The van der Waals surface area contributed by atoms with Crippen LogP contribution in [0.4, 0.5) is 11.4 Å². The van der Waals surface area contributed by atoms with Crippen LogP contribution in [0.1, 0.15) is 44.9 Å². The summed E-state index contributed by atoms with van der Waals surface area (Å²) < 4.78 is 5.84. The van der Waals surface area contributed by atoms with Gasteiger partial charge in [0.05, 0.1) is 24.2 Å². The molecule has 1 amide bonds. The van der Waals surface area contributed by atoms with E-state index in [1.807, 2.05) is 55.4 Å². The van der Waals surface area contributed by atoms with Crippen LogP contribution in [0, 0.1) is 5.41 Å².